The van der Waals surface area contributed by atoms with E-state index in [9.17, 15) is 9.90 Å². The molecule has 0 aromatic carbocycles. The van der Waals surface area contributed by atoms with E-state index in [-0.39, 0.29) is 23.5 Å². The Hall–Kier alpha value is -1.40. The van der Waals surface area contributed by atoms with Gasteiger partial charge in [-0.15, -0.1) is 0 Å². The molecular weight excluding hydrogens is 280 g/mol. The highest BCUT2D eigenvalue weighted by atomic mass is 16.3. The van der Waals surface area contributed by atoms with E-state index in [1.165, 1.54) is 0 Å². The zero-order valence-corrected chi connectivity index (χ0v) is 14.1. The fraction of sp³-hybridized carbons (Fsp3) is 0.750. The average Bonchev–Trinajstić information content (AvgIpc) is 2.99. The molecule has 1 fully saturated rings. The first kappa shape index (κ1) is 17.0. The van der Waals surface area contributed by atoms with Crippen molar-refractivity contribution in [1.29, 1.82) is 0 Å². The molecule has 0 bridgehead atoms. The Bertz CT molecular complexity index is 473. The lowest BCUT2D eigenvalue weighted by atomic mass is 9.89. The number of rotatable bonds is 4. The third-order valence-corrected chi connectivity index (χ3v) is 4.44. The maximum Gasteiger partial charge on any atom is 0.245 e. The van der Waals surface area contributed by atoms with Gasteiger partial charge in [0.25, 0.3) is 0 Å². The molecule has 124 valence electrons. The van der Waals surface area contributed by atoms with Gasteiger partial charge in [0.05, 0.1) is 12.4 Å². The molecule has 0 aliphatic carbocycles. The highest BCUT2D eigenvalue weighted by Crippen LogP contribution is 2.20. The predicted molar refractivity (Wildman–Crippen MR) is 85.4 cm³/mol. The molecule has 0 spiro atoms. The zero-order valence-electron chi connectivity index (χ0n) is 14.1. The largest absolute Gasteiger partial charge is 0.391 e. The molecule has 6 nitrogen and oxygen atoms in total. The van der Waals surface area contributed by atoms with Gasteiger partial charge in [-0.2, -0.15) is 0 Å². The lowest BCUT2D eigenvalue weighted by Crippen LogP contribution is -2.52. The van der Waals surface area contributed by atoms with E-state index in [0.29, 0.717) is 19.6 Å². The zero-order chi connectivity index (χ0) is 16.3. The number of aliphatic hydroxyl groups excluding tert-OH is 1. The van der Waals surface area contributed by atoms with E-state index in [1.807, 2.05) is 43.4 Å². The Morgan fingerprint density at radius 3 is 2.41 bits per heavy atom. The Kier molecular flexibility index (Phi) is 5.24. The number of carbonyl (C=O) groups is 1. The fourth-order valence-corrected chi connectivity index (χ4v) is 2.56. The number of nitrogens with zero attached hydrogens (tertiary/aromatic N) is 4. The van der Waals surface area contributed by atoms with Crippen molar-refractivity contribution in [3.8, 4) is 0 Å². The van der Waals surface area contributed by atoms with Crippen LogP contribution >= 0.6 is 0 Å². The summed E-state index contributed by atoms with van der Waals surface area (Å²) < 4.78 is 1.83. The van der Waals surface area contributed by atoms with E-state index in [2.05, 4.69) is 9.88 Å². The minimum atomic E-state index is -0.348. The van der Waals surface area contributed by atoms with Gasteiger partial charge in [-0.1, -0.05) is 20.8 Å². The van der Waals surface area contributed by atoms with E-state index in [4.69, 9.17) is 0 Å². The summed E-state index contributed by atoms with van der Waals surface area (Å²) in [5, 5.41) is 10.2. The van der Waals surface area contributed by atoms with Crippen molar-refractivity contribution in [3.63, 3.8) is 0 Å². The molecule has 2 rings (SSSR count). The smallest absolute Gasteiger partial charge is 0.245 e. The minimum absolute atomic E-state index is 0.108. The maximum absolute atomic E-state index is 12.5. The van der Waals surface area contributed by atoms with Crippen molar-refractivity contribution >= 4 is 5.91 Å². The molecule has 1 aliphatic rings. The van der Waals surface area contributed by atoms with Crippen LogP contribution in [-0.4, -0.2) is 69.2 Å². The van der Waals surface area contributed by atoms with Crippen molar-refractivity contribution in [1.82, 2.24) is 19.4 Å². The summed E-state index contributed by atoms with van der Waals surface area (Å²) >= 11 is 0. The van der Waals surface area contributed by atoms with Crippen LogP contribution in [0.25, 0.3) is 0 Å². The SMILES string of the molecule is C[C@@H](C(=O)N1CCN(C[C@H](O)C(C)(C)C)CC1)n1ccnc1. The Balaban J connectivity index is 1.83. The molecule has 1 aliphatic heterocycles. The lowest BCUT2D eigenvalue weighted by molar-refractivity contribution is -0.136. The van der Waals surface area contributed by atoms with Gasteiger partial charge in [-0.25, -0.2) is 4.98 Å². The quantitative estimate of drug-likeness (QED) is 0.901. The third kappa shape index (κ3) is 4.08. The number of β-amino-alcohol motifs (C(OH)–C–C–N with tert-alkyl or cyclic N) is 1. The Labute approximate surface area is 132 Å². The van der Waals surface area contributed by atoms with Gasteiger partial charge in [-0.05, 0) is 12.3 Å². The summed E-state index contributed by atoms with van der Waals surface area (Å²) in [5.41, 5.74) is -0.108. The summed E-state index contributed by atoms with van der Waals surface area (Å²) in [6.45, 7) is 11.8. The molecule has 1 aromatic heterocycles. The average molecular weight is 308 g/mol. The van der Waals surface area contributed by atoms with Gasteiger partial charge < -0.3 is 14.6 Å². The molecule has 1 aromatic rings. The number of amides is 1. The van der Waals surface area contributed by atoms with Crippen LogP contribution in [0.1, 0.15) is 33.7 Å². The number of hydrogen-bond donors (Lipinski definition) is 1. The van der Waals surface area contributed by atoms with Gasteiger partial charge in [0.2, 0.25) is 5.91 Å². The maximum atomic E-state index is 12.5. The highest BCUT2D eigenvalue weighted by molar-refractivity contribution is 5.80. The van der Waals surface area contributed by atoms with Crippen molar-refractivity contribution in [2.45, 2.75) is 39.8 Å². The Morgan fingerprint density at radius 2 is 1.91 bits per heavy atom. The highest BCUT2D eigenvalue weighted by Gasteiger charge is 2.29. The molecule has 1 amide bonds. The molecular formula is C16H28N4O2. The molecule has 0 radical (unpaired) electrons. The number of aromatic nitrogens is 2. The summed E-state index contributed by atoms with van der Waals surface area (Å²) in [6.07, 6.45) is 4.84. The van der Waals surface area contributed by atoms with Crippen LogP contribution in [-0.2, 0) is 4.79 Å². The van der Waals surface area contributed by atoms with Crippen LogP contribution in [0.5, 0.6) is 0 Å². The second-order valence-corrected chi connectivity index (χ2v) is 7.19. The summed E-state index contributed by atoms with van der Waals surface area (Å²) in [7, 11) is 0. The predicted octanol–water partition coefficient (Wildman–Crippen LogP) is 0.995. The van der Waals surface area contributed by atoms with E-state index in [0.717, 1.165) is 13.1 Å². The van der Waals surface area contributed by atoms with Crippen LogP contribution < -0.4 is 0 Å². The lowest BCUT2D eigenvalue weighted by Gasteiger charge is -2.38. The Morgan fingerprint density at radius 1 is 1.27 bits per heavy atom. The molecule has 1 saturated heterocycles. The monoisotopic (exact) mass is 308 g/mol. The summed E-state index contributed by atoms with van der Waals surface area (Å²) in [5.74, 6) is 0.133. The second-order valence-electron chi connectivity index (χ2n) is 7.19. The standard InChI is InChI=1S/C16H28N4O2/c1-13(20-6-5-17-12-20)15(22)19-9-7-18(8-10-19)11-14(21)16(2,3)4/h5-6,12-14,21H,7-11H2,1-4H3/t13-,14-/m0/s1. The first-order valence-electron chi connectivity index (χ1n) is 7.95. The van der Waals surface area contributed by atoms with Gasteiger partial charge in [0.1, 0.15) is 6.04 Å². The number of carbonyl (C=O) groups excluding carboxylic acids is 1. The van der Waals surface area contributed by atoms with Gasteiger partial charge in [0, 0.05) is 45.1 Å². The number of piperazine rings is 1. The third-order valence-electron chi connectivity index (χ3n) is 4.44. The first-order valence-corrected chi connectivity index (χ1v) is 7.95. The van der Waals surface area contributed by atoms with Crippen molar-refractivity contribution in [2.24, 2.45) is 5.41 Å². The molecule has 22 heavy (non-hydrogen) atoms. The number of aliphatic hydroxyl groups is 1. The van der Waals surface area contributed by atoms with Crippen LogP contribution in [0.2, 0.25) is 0 Å². The fourth-order valence-electron chi connectivity index (χ4n) is 2.56. The summed E-state index contributed by atoms with van der Waals surface area (Å²) in [6, 6.07) is -0.214. The van der Waals surface area contributed by atoms with Crippen molar-refractivity contribution in [2.75, 3.05) is 32.7 Å². The second kappa shape index (κ2) is 6.79. The van der Waals surface area contributed by atoms with Crippen LogP contribution in [0, 0.1) is 5.41 Å². The van der Waals surface area contributed by atoms with Gasteiger partial charge >= 0.3 is 0 Å². The molecule has 2 atom stereocenters. The molecule has 0 saturated carbocycles. The minimum Gasteiger partial charge on any atom is -0.391 e. The molecule has 1 N–H and O–H groups in total. The van der Waals surface area contributed by atoms with E-state index < -0.39 is 0 Å². The van der Waals surface area contributed by atoms with Crippen LogP contribution in [0.4, 0.5) is 0 Å². The normalized spacial score (nSPS) is 20.0. The van der Waals surface area contributed by atoms with Crippen molar-refractivity contribution in [3.05, 3.63) is 18.7 Å². The molecule has 6 heteroatoms. The summed E-state index contributed by atoms with van der Waals surface area (Å²) in [4.78, 5) is 20.6. The van der Waals surface area contributed by atoms with Crippen LogP contribution in [0.15, 0.2) is 18.7 Å². The van der Waals surface area contributed by atoms with E-state index in [1.54, 1.807) is 12.5 Å². The number of hydrogen-bond acceptors (Lipinski definition) is 4. The molecule has 2 heterocycles. The number of imidazole rings is 1. The topological polar surface area (TPSA) is 61.6 Å². The van der Waals surface area contributed by atoms with Gasteiger partial charge in [-0.3, -0.25) is 9.69 Å². The molecule has 0 unspecified atom stereocenters. The van der Waals surface area contributed by atoms with Gasteiger partial charge in [0.15, 0.2) is 0 Å². The first-order chi connectivity index (χ1) is 10.3. The van der Waals surface area contributed by atoms with E-state index >= 15 is 0 Å². The van der Waals surface area contributed by atoms with Crippen LogP contribution in [0.3, 0.4) is 0 Å². The van der Waals surface area contributed by atoms with Crippen molar-refractivity contribution < 1.29 is 9.90 Å².